The van der Waals surface area contributed by atoms with Gasteiger partial charge in [0.05, 0.1) is 16.7 Å². The van der Waals surface area contributed by atoms with Crippen molar-refractivity contribution in [1.29, 1.82) is 0 Å². The highest BCUT2D eigenvalue weighted by Crippen LogP contribution is 2.41. The molecule has 1 aliphatic rings. The van der Waals surface area contributed by atoms with Crippen LogP contribution in [0.2, 0.25) is 0 Å². The van der Waals surface area contributed by atoms with Gasteiger partial charge in [0.1, 0.15) is 0 Å². The van der Waals surface area contributed by atoms with Gasteiger partial charge in [-0.2, -0.15) is 5.10 Å². The van der Waals surface area contributed by atoms with E-state index in [9.17, 15) is 14.9 Å². The summed E-state index contributed by atoms with van der Waals surface area (Å²) in [6.07, 6.45) is 3.83. The molecule has 0 bridgehead atoms. The van der Waals surface area contributed by atoms with E-state index in [0.29, 0.717) is 11.6 Å². The number of aromatic nitrogens is 2. The van der Waals surface area contributed by atoms with E-state index in [-0.39, 0.29) is 23.3 Å². The molecule has 1 aliphatic carbocycles. The predicted molar refractivity (Wildman–Crippen MR) is 99.6 cm³/mol. The first-order chi connectivity index (χ1) is 13.1. The molecule has 2 aromatic carbocycles. The van der Waals surface area contributed by atoms with Gasteiger partial charge in [-0.15, -0.1) is 0 Å². The number of carbonyl (C=O) groups is 1. The number of amides is 1. The third kappa shape index (κ3) is 3.72. The van der Waals surface area contributed by atoms with Crippen molar-refractivity contribution in [2.24, 2.45) is 5.92 Å². The Morgan fingerprint density at radius 1 is 1.15 bits per heavy atom. The van der Waals surface area contributed by atoms with Gasteiger partial charge in [0.15, 0.2) is 5.69 Å². The molecule has 1 saturated carbocycles. The van der Waals surface area contributed by atoms with Crippen LogP contribution in [0, 0.1) is 16.0 Å². The zero-order chi connectivity index (χ0) is 18.8. The highest BCUT2D eigenvalue weighted by molar-refractivity contribution is 5.92. The summed E-state index contributed by atoms with van der Waals surface area (Å²) >= 11 is 0. The van der Waals surface area contributed by atoms with Gasteiger partial charge in [-0.25, -0.2) is 4.68 Å². The summed E-state index contributed by atoms with van der Waals surface area (Å²) in [5.41, 5.74) is 1.88. The zero-order valence-corrected chi connectivity index (χ0v) is 14.5. The molecule has 7 heteroatoms. The molecule has 1 fully saturated rings. The van der Waals surface area contributed by atoms with Gasteiger partial charge < -0.3 is 5.32 Å². The van der Waals surface area contributed by atoms with Crippen molar-refractivity contribution in [3.63, 3.8) is 0 Å². The lowest BCUT2D eigenvalue weighted by atomic mass is 10.0. The number of hydrogen-bond donors (Lipinski definition) is 1. The molecule has 1 aromatic heterocycles. The third-order valence-electron chi connectivity index (χ3n) is 4.67. The molecule has 1 N–H and O–H groups in total. The smallest absolute Gasteiger partial charge is 0.272 e. The van der Waals surface area contributed by atoms with Gasteiger partial charge >= 0.3 is 0 Å². The normalized spacial score (nSPS) is 14.5. The summed E-state index contributed by atoms with van der Waals surface area (Å²) in [6.45, 7) is 0. The van der Waals surface area contributed by atoms with Crippen molar-refractivity contribution in [3.8, 4) is 5.69 Å². The number of hydrogen-bond acceptors (Lipinski definition) is 4. The van der Waals surface area contributed by atoms with Crippen molar-refractivity contribution in [1.82, 2.24) is 15.1 Å². The Labute approximate surface area is 155 Å². The summed E-state index contributed by atoms with van der Waals surface area (Å²) in [5, 5.41) is 18.3. The van der Waals surface area contributed by atoms with E-state index in [2.05, 4.69) is 10.4 Å². The summed E-state index contributed by atoms with van der Waals surface area (Å²) in [5.74, 6) is 0.204. The zero-order valence-electron chi connectivity index (χ0n) is 14.5. The van der Waals surface area contributed by atoms with Crippen molar-refractivity contribution >= 4 is 11.6 Å². The Bertz CT molecular complexity index is 980. The number of nitro benzene ring substituents is 1. The quantitative estimate of drug-likeness (QED) is 0.535. The number of nitro groups is 1. The minimum absolute atomic E-state index is 0.0214. The fourth-order valence-electron chi connectivity index (χ4n) is 3.12. The Kier molecular flexibility index (Phi) is 4.42. The lowest BCUT2D eigenvalue weighted by molar-refractivity contribution is -0.384. The number of nitrogens with zero attached hydrogens (tertiary/aromatic N) is 3. The molecular weight excluding hydrogens is 344 g/mol. The van der Waals surface area contributed by atoms with E-state index in [1.165, 1.54) is 16.8 Å². The summed E-state index contributed by atoms with van der Waals surface area (Å²) in [6, 6.07) is 17.6. The Balaban J connectivity index is 1.53. The second kappa shape index (κ2) is 7.03. The molecule has 136 valence electrons. The molecule has 0 radical (unpaired) electrons. The fraction of sp³-hybridized carbons (Fsp3) is 0.200. The van der Waals surface area contributed by atoms with Crippen molar-refractivity contribution in [2.45, 2.75) is 18.9 Å². The van der Waals surface area contributed by atoms with Gasteiger partial charge in [-0.3, -0.25) is 14.9 Å². The number of benzene rings is 2. The van der Waals surface area contributed by atoms with Crippen LogP contribution in [0.1, 0.15) is 34.9 Å². The van der Waals surface area contributed by atoms with Crippen LogP contribution in [0.15, 0.2) is 66.9 Å². The van der Waals surface area contributed by atoms with Crippen molar-refractivity contribution in [2.75, 3.05) is 0 Å². The van der Waals surface area contributed by atoms with Crippen LogP contribution >= 0.6 is 0 Å². The number of non-ortho nitro benzene ring substituents is 1. The SMILES string of the molecule is O=C(NC(c1ccccc1)C1CC1)c1ccn(-c2cccc([N+](=O)[O-])c2)n1. The highest BCUT2D eigenvalue weighted by atomic mass is 16.6. The topological polar surface area (TPSA) is 90.1 Å². The van der Waals surface area contributed by atoms with Gasteiger partial charge in [0.2, 0.25) is 0 Å². The van der Waals surface area contributed by atoms with E-state index in [1.807, 2.05) is 30.3 Å². The van der Waals surface area contributed by atoms with E-state index in [0.717, 1.165) is 18.4 Å². The molecular formula is C20H18N4O3. The van der Waals surface area contributed by atoms with E-state index < -0.39 is 4.92 Å². The molecule has 3 aromatic rings. The maximum atomic E-state index is 12.7. The summed E-state index contributed by atoms with van der Waals surface area (Å²) in [4.78, 5) is 23.2. The molecule has 1 unspecified atom stereocenters. The minimum Gasteiger partial charge on any atom is -0.344 e. The Hall–Kier alpha value is -3.48. The molecule has 0 spiro atoms. The van der Waals surface area contributed by atoms with Crippen LogP contribution in [-0.4, -0.2) is 20.6 Å². The first-order valence-electron chi connectivity index (χ1n) is 8.78. The van der Waals surface area contributed by atoms with Crippen LogP contribution in [0.3, 0.4) is 0 Å². The lowest BCUT2D eigenvalue weighted by Gasteiger charge is -2.18. The molecule has 1 atom stereocenters. The fourth-order valence-corrected chi connectivity index (χ4v) is 3.12. The van der Waals surface area contributed by atoms with E-state index in [4.69, 9.17) is 0 Å². The minimum atomic E-state index is -0.458. The number of carbonyl (C=O) groups excluding carboxylic acids is 1. The van der Waals surface area contributed by atoms with Gasteiger partial charge in [0.25, 0.3) is 11.6 Å². The average Bonchev–Trinajstić information content (AvgIpc) is 3.41. The molecule has 27 heavy (non-hydrogen) atoms. The first-order valence-corrected chi connectivity index (χ1v) is 8.78. The standard InChI is InChI=1S/C20H18N4O3/c25-20(21-19(15-9-10-15)14-5-2-1-3-6-14)18-11-12-23(22-18)16-7-4-8-17(13-16)24(26)27/h1-8,11-13,15,19H,9-10H2,(H,21,25). The van der Waals surface area contributed by atoms with Crippen LogP contribution in [-0.2, 0) is 0 Å². The summed E-state index contributed by atoms with van der Waals surface area (Å²) in [7, 11) is 0. The molecule has 0 saturated heterocycles. The monoisotopic (exact) mass is 362 g/mol. The molecule has 0 aliphatic heterocycles. The predicted octanol–water partition coefficient (Wildman–Crippen LogP) is 3.66. The second-order valence-corrected chi connectivity index (χ2v) is 6.62. The highest BCUT2D eigenvalue weighted by Gasteiger charge is 2.33. The second-order valence-electron chi connectivity index (χ2n) is 6.62. The Morgan fingerprint density at radius 2 is 1.93 bits per heavy atom. The lowest BCUT2D eigenvalue weighted by Crippen LogP contribution is -2.30. The van der Waals surface area contributed by atoms with Crippen molar-refractivity contribution < 1.29 is 9.72 Å². The van der Waals surface area contributed by atoms with Crippen LogP contribution < -0.4 is 5.32 Å². The molecule has 7 nitrogen and oxygen atoms in total. The van der Waals surface area contributed by atoms with Crippen LogP contribution in [0.5, 0.6) is 0 Å². The number of nitrogens with one attached hydrogen (secondary N) is 1. The van der Waals surface area contributed by atoms with E-state index in [1.54, 1.807) is 24.4 Å². The Morgan fingerprint density at radius 3 is 2.63 bits per heavy atom. The third-order valence-corrected chi connectivity index (χ3v) is 4.67. The van der Waals surface area contributed by atoms with Gasteiger partial charge in [0, 0.05) is 18.3 Å². The van der Waals surface area contributed by atoms with Gasteiger partial charge in [-0.05, 0) is 36.5 Å². The van der Waals surface area contributed by atoms with Crippen molar-refractivity contribution in [3.05, 3.63) is 88.2 Å². The maximum Gasteiger partial charge on any atom is 0.272 e. The van der Waals surface area contributed by atoms with Crippen LogP contribution in [0.4, 0.5) is 5.69 Å². The molecule has 1 amide bonds. The molecule has 1 heterocycles. The average molecular weight is 362 g/mol. The largest absolute Gasteiger partial charge is 0.344 e. The van der Waals surface area contributed by atoms with E-state index >= 15 is 0 Å². The first kappa shape index (κ1) is 17.0. The van der Waals surface area contributed by atoms with Gasteiger partial charge in [-0.1, -0.05) is 36.4 Å². The number of rotatable bonds is 6. The maximum absolute atomic E-state index is 12.7. The summed E-state index contributed by atoms with van der Waals surface area (Å²) < 4.78 is 1.47. The molecule has 4 rings (SSSR count). The van der Waals surface area contributed by atoms with Crippen LogP contribution in [0.25, 0.3) is 5.69 Å².